The number of carbonyl (C=O) groups is 1. The number of carboxylic acids is 1. The first-order valence-electron chi connectivity index (χ1n) is 11.8. The number of benzene rings is 3. The van der Waals surface area contributed by atoms with Gasteiger partial charge in [0.15, 0.2) is 0 Å². The molecule has 0 unspecified atom stereocenters. The minimum absolute atomic E-state index is 0.0923. The molecule has 1 heterocycles. The monoisotopic (exact) mass is 441 g/mol. The number of aromatic nitrogens is 1. The first-order chi connectivity index (χ1) is 16.1. The minimum Gasteiger partial charge on any atom is -0.507 e. The van der Waals surface area contributed by atoms with Crippen molar-refractivity contribution in [3.8, 4) is 5.75 Å². The van der Waals surface area contributed by atoms with E-state index in [-0.39, 0.29) is 11.3 Å². The summed E-state index contributed by atoms with van der Waals surface area (Å²) < 4.78 is 2.44. The molecule has 2 N–H and O–H groups in total. The van der Waals surface area contributed by atoms with Crippen LogP contribution in [0, 0.1) is 0 Å². The first-order valence-corrected chi connectivity index (χ1v) is 11.8. The average molecular weight is 442 g/mol. The maximum atomic E-state index is 11.3. The summed E-state index contributed by atoms with van der Waals surface area (Å²) in [6, 6.07) is 19.7. The van der Waals surface area contributed by atoms with E-state index in [1.807, 2.05) is 12.2 Å². The number of phenols is 1. The van der Waals surface area contributed by atoms with Crippen LogP contribution in [0.1, 0.15) is 66.9 Å². The summed E-state index contributed by atoms with van der Waals surface area (Å²) in [7, 11) is 0. The van der Waals surface area contributed by atoms with Crippen LogP contribution in [0.4, 0.5) is 0 Å². The predicted octanol–water partition coefficient (Wildman–Crippen LogP) is 7.73. The number of fused-ring (bicyclic) bond motifs is 3. The second-order valence-corrected chi connectivity index (χ2v) is 8.63. The Morgan fingerprint density at radius 2 is 1.48 bits per heavy atom. The second kappa shape index (κ2) is 10.4. The van der Waals surface area contributed by atoms with E-state index in [1.54, 1.807) is 6.07 Å². The fourth-order valence-corrected chi connectivity index (χ4v) is 4.49. The van der Waals surface area contributed by atoms with Crippen molar-refractivity contribution in [3.63, 3.8) is 0 Å². The number of unbranched alkanes of at least 4 members (excludes halogenated alkanes) is 5. The van der Waals surface area contributed by atoms with Gasteiger partial charge in [-0.05, 0) is 47.9 Å². The lowest BCUT2D eigenvalue weighted by atomic mass is 10.1. The molecule has 0 aliphatic carbocycles. The molecule has 0 atom stereocenters. The highest BCUT2D eigenvalue weighted by atomic mass is 16.4. The number of hydrogen-bond acceptors (Lipinski definition) is 2. The molecule has 4 nitrogen and oxygen atoms in total. The maximum Gasteiger partial charge on any atom is 0.339 e. The van der Waals surface area contributed by atoms with Gasteiger partial charge in [0.1, 0.15) is 11.3 Å². The zero-order valence-corrected chi connectivity index (χ0v) is 19.1. The van der Waals surface area contributed by atoms with E-state index in [9.17, 15) is 15.0 Å². The van der Waals surface area contributed by atoms with Crippen molar-refractivity contribution in [1.82, 2.24) is 4.57 Å². The first kappa shape index (κ1) is 22.7. The van der Waals surface area contributed by atoms with Crippen molar-refractivity contribution in [2.45, 2.75) is 52.0 Å². The van der Waals surface area contributed by atoms with Crippen LogP contribution < -0.4 is 0 Å². The molecule has 0 radical (unpaired) electrons. The summed E-state index contributed by atoms with van der Waals surface area (Å²) in [6.45, 7) is 3.27. The van der Waals surface area contributed by atoms with E-state index in [0.29, 0.717) is 0 Å². The molecule has 170 valence electrons. The largest absolute Gasteiger partial charge is 0.507 e. The molecule has 1 aromatic heterocycles. The molecule has 0 aliphatic heterocycles. The van der Waals surface area contributed by atoms with Gasteiger partial charge in [-0.2, -0.15) is 0 Å². The Kier molecular flexibility index (Phi) is 7.13. The normalized spacial score (nSPS) is 11.7. The van der Waals surface area contributed by atoms with Crippen LogP contribution >= 0.6 is 0 Å². The molecule has 0 spiro atoms. The summed E-state index contributed by atoms with van der Waals surface area (Å²) in [5.74, 6) is -1.36. The molecule has 0 saturated heterocycles. The standard InChI is InChI=1S/C29H31NO3/c1-2-3-4-5-6-9-18-30-26-11-8-7-10-23(26)24-19-21(14-16-27(24)30)12-13-22-15-17-28(31)25(20-22)29(32)33/h7-8,10-17,19-20,31H,2-6,9,18H2,1H3,(H,32,33). The van der Waals surface area contributed by atoms with Gasteiger partial charge in [0, 0.05) is 28.4 Å². The van der Waals surface area contributed by atoms with Crippen LogP contribution in [-0.2, 0) is 6.54 Å². The van der Waals surface area contributed by atoms with E-state index in [1.165, 1.54) is 72.5 Å². The van der Waals surface area contributed by atoms with E-state index in [4.69, 9.17) is 0 Å². The number of nitrogens with zero attached hydrogens (tertiary/aromatic N) is 1. The van der Waals surface area contributed by atoms with Gasteiger partial charge in [-0.15, -0.1) is 0 Å². The van der Waals surface area contributed by atoms with Crippen LogP contribution in [0.15, 0.2) is 60.7 Å². The molecule has 0 amide bonds. The van der Waals surface area contributed by atoms with Gasteiger partial charge in [-0.25, -0.2) is 4.79 Å². The summed E-state index contributed by atoms with van der Waals surface area (Å²) in [5.41, 5.74) is 4.21. The third kappa shape index (κ3) is 5.11. The molecule has 0 bridgehead atoms. The lowest BCUT2D eigenvalue weighted by Crippen LogP contribution is -1.97. The molecule has 4 aromatic rings. The number of carboxylic acid groups (broad SMARTS) is 1. The molecule has 4 heteroatoms. The van der Waals surface area contributed by atoms with Crippen molar-refractivity contribution >= 4 is 39.9 Å². The summed E-state index contributed by atoms with van der Waals surface area (Å²) >= 11 is 0. The zero-order chi connectivity index (χ0) is 23.2. The number of para-hydroxylation sites is 1. The highest BCUT2D eigenvalue weighted by Gasteiger charge is 2.11. The Morgan fingerprint density at radius 3 is 2.27 bits per heavy atom. The second-order valence-electron chi connectivity index (χ2n) is 8.63. The number of aromatic carboxylic acids is 1. The number of rotatable bonds is 10. The van der Waals surface area contributed by atoms with Crippen LogP contribution in [-0.4, -0.2) is 20.7 Å². The Labute approximate surface area is 194 Å². The van der Waals surface area contributed by atoms with E-state index < -0.39 is 5.97 Å². The minimum atomic E-state index is -1.14. The Hall–Kier alpha value is -3.53. The molecule has 0 fully saturated rings. The zero-order valence-electron chi connectivity index (χ0n) is 19.1. The van der Waals surface area contributed by atoms with Crippen molar-refractivity contribution in [2.24, 2.45) is 0 Å². The van der Waals surface area contributed by atoms with Crippen molar-refractivity contribution in [2.75, 3.05) is 0 Å². The lowest BCUT2D eigenvalue weighted by molar-refractivity contribution is 0.0693. The number of aromatic hydroxyl groups is 1. The summed E-state index contributed by atoms with van der Waals surface area (Å²) in [4.78, 5) is 11.3. The topological polar surface area (TPSA) is 62.5 Å². The Bertz CT molecular complexity index is 1300. The molecule has 0 saturated carbocycles. The number of hydrogen-bond donors (Lipinski definition) is 2. The van der Waals surface area contributed by atoms with E-state index in [2.05, 4.69) is 54.0 Å². The fraction of sp³-hybridized carbons (Fsp3) is 0.276. The summed E-state index contributed by atoms with van der Waals surface area (Å²) in [6.07, 6.45) is 11.5. The van der Waals surface area contributed by atoms with Gasteiger partial charge in [-0.1, -0.05) is 81.5 Å². The van der Waals surface area contributed by atoms with E-state index in [0.717, 1.165) is 17.7 Å². The van der Waals surface area contributed by atoms with Crippen LogP contribution in [0.3, 0.4) is 0 Å². The van der Waals surface area contributed by atoms with Gasteiger partial charge in [0.2, 0.25) is 0 Å². The predicted molar refractivity (Wildman–Crippen MR) is 137 cm³/mol. The summed E-state index contributed by atoms with van der Waals surface area (Å²) in [5, 5.41) is 21.4. The van der Waals surface area contributed by atoms with Crippen LogP contribution in [0.5, 0.6) is 5.75 Å². The van der Waals surface area contributed by atoms with Gasteiger partial charge in [0.05, 0.1) is 0 Å². The third-order valence-electron chi connectivity index (χ3n) is 6.25. The van der Waals surface area contributed by atoms with Gasteiger partial charge < -0.3 is 14.8 Å². The highest BCUT2D eigenvalue weighted by molar-refractivity contribution is 6.08. The van der Waals surface area contributed by atoms with Gasteiger partial charge >= 0.3 is 5.97 Å². The van der Waals surface area contributed by atoms with Crippen molar-refractivity contribution in [1.29, 1.82) is 0 Å². The molecular weight excluding hydrogens is 410 g/mol. The smallest absolute Gasteiger partial charge is 0.339 e. The average Bonchev–Trinajstić information content (AvgIpc) is 3.13. The number of aryl methyl sites for hydroxylation is 1. The highest BCUT2D eigenvalue weighted by Crippen LogP contribution is 2.31. The van der Waals surface area contributed by atoms with Crippen molar-refractivity contribution < 1.29 is 15.0 Å². The Morgan fingerprint density at radius 1 is 0.818 bits per heavy atom. The van der Waals surface area contributed by atoms with Crippen LogP contribution in [0.25, 0.3) is 34.0 Å². The molecule has 33 heavy (non-hydrogen) atoms. The van der Waals surface area contributed by atoms with Gasteiger partial charge in [0.25, 0.3) is 0 Å². The van der Waals surface area contributed by atoms with Crippen molar-refractivity contribution in [3.05, 3.63) is 77.4 Å². The van der Waals surface area contributed by atoms with Gasteiger partial charge in [-0.3, -0.25) is 0 Å². The SMILES string of the molecule is CCCCCCCCn1c2ccccc2c2cc(C=Cc3ccc(O)c(C(=O)O)c3)ccc21. The molecule has 4 rings (SSSR count). The lowest BCUT2D eigenvalue weighted by Gasteiger charge is -2.08. The maximum absolute atomic E-state index is 11.3. The molecule has 0 aliphatic rings. The quantitative estimate of drug-likeness (QED) is 0.195. The Balaban J connectivity index is 1.60. The van der Waals surface area contributed by atoms with Crippen LogP contribution in [0.2, 0.25) is 0 Å². The third-order valence-corrected chi connectivity index (χ3v) is 6.25. The molecule has 3 aromatic carbocycles. The molecular formula is C29H31NO3. The fourth-order valence-electron chi connectivity index (χ4n) is 4.49. The van der Waals surface area contributed by atoms with E-state index >= 15 is 0 Å².